The summed E-state index contributed by atoms with van der Waals surface area (Å²) in [4.78, 5) is 14.0. The molecule has 1 amide bonds. The van der Waals surface area contributed by atoms with Gasteiger partial charge < -0.3 is 4.90 Å². The van der Waals surface area contributed by atoms with E-state index in [1.165, 1.54) is 28.8 Å². The van der Waals surface area contributed by atoms with Gasteiger partial charge in [-0.2, -0.15) is 4.31 Å². The first-order valence-corrected chi connectivity index (χ1v) is 8.73. The highest BCUT2D eigenvalue weighted by Gasteiger charge is 2.46. The fraction of sp³-hybridized carbons (Fsp3) is 0.500. The molecule has 5 nitrogen and oxygen atoms in total. The highest BCUT2D eigenvalue weighted by molar-refractivity contribution is 7.88. The number of fused-ring (bicyclic) bond motifs is 1. The van der Waals surface area contributed by atoms with E-state index in [9.17, 15) is 17.6 Å². The predicted molar refractivity (Wildman–Crippen MR) is 75.7 cm³/mol. The lowest BCUT2D eigenvalue weighted by Crippen LogP contribution is -2.40. The van der Waals surface area contributed by atoms with Crippen molar-refractivity contribution in [3.8, 4) is 0 Å². The maximum atomic E-state index is 13.2. The van der Waals surface area contributed by atoms with Crippen molar-refractivity contribution in [1.29, 1.82) is 0 Å². The standard InChI is InChI=1S/C14H17FN2O3S/c1-21(19,20)17-6-5-11-8-16(9-13(11)17)14(18)10-3-2-4-12(15)7-10/h2-4,7,11,13H,5-6,8-9H2,1H3/t11-,13+/m1/s1. The second-order valence-electron chi connectivity index (χ2n) is 5.71. The molecule has 2 saturated heterocycles. The van der Waals surface area contributed by atoms with E-state index < -0.39 is 15.8 Å². The molecule has 0 aliphatic carbocycles. The van der Waals surface area contributed by atoms with E-state index >= 15 is 0 Å². The van der Waals surface area contributed by atoms with Gasteiger partial charge in [0.2, 0.25) is 10.0 Å². The van der Waals surface area contributed by atoms with Crippen LogP contribution in [0.5, 0.6) is 0 Å². The Labute approximate surface area is 123 Å². The van der Waals surface area contributed by atoms with Crippen molar-refractivity contribution < 1.29 is 17.6 Å². The summed E-state index contributed by atoms with van der Waals surface area (Å²) in [6.45, 7) is 1.44. The molecule has 2 atom stereocenters. The van der Waals surface area contributed by atoms with E-state index in [2.05, 4.69) is 0 Å². The molecule has 2 fully saturated rings. The lowest BCUT2D eigenvalue weighted by atomic mass is 10.1. The largest absolute Gasteiger partial charge is 0.337 e. The Balaban J connectivity index is 1.77. The number of halogens is 1. The minimum absolute atomic E-state index is 0.141. The van der Waals surface area contributed by atoms with Gasteiger partial charge in [-0.3, -0.25) is 4.79 Å². The summed E-state index contributed by atoms with van der Waals surface area (Å²) < 4.78 is 38.2. The molecule has 0 radical (unpaired) electrons. The highest BCUT2D eigenvalue weighted by Crippen LogP contribution is 2.33. The third kappa shape index (κ3) is 2.67. The number of carbonyl (C=O) groups is 1. The van der Waals surface area contributed by atoms with Gasteiger partial charge in [-0.05, 0) is 30.5 Å². The van der Waals surface area contributed by atoms with Crippen LogP contribution in [0.4, 0.5) is 4.39 Å². The second kappa shape index (κ2) is 5.06. The molecule has 2 aliphatic rings. The molecule has 1 aromatic rings. The van der Waals surface area contributed by atoms with E-state index in [1.807, 2.05) is 0 Å². The number of hydrogen-bond acceptors (Lipinski definition) is 3. The molecule has 0 unspecified atom stereocenters. The van der Waals surface area contributed by atoms with Crippen molar-refractivity contribution in [2.75, 3.05) is 25.9 Å². The monoisotopic (exact) mass is 312 g/mol. The van der Waals surface area contributed by atoms with E-state index in [4.69, 9.17) is 0 Å². The Bertz CT molecular complexity index is 677. The second-order valence-corrected chi connectivity index (χ2v) is 7.65. The van der Waals surface area contributed by atoms with Crippen molar-refractivity contribution >= 4 is 15.9 Å². The van der Waals surface area contributed by atoms with Crippen LogP contribution in [0, 0.1) is 11.7 Å². The van der Waals surface area contributed by atoms with Gasteiger partial charge in [0, 0.05) is 31.2 Å². The fourth-order valence-corrected chi connectivity index (χ4v) is 4.47. The van der Waals surface area contributed by atoms with Gasteiger partial charge in [-0.1, -0.05) is 6.07 Å². The summed E-state index contributed by atoms with van der Waals surface area (Å²) in [5.74, 6) is -0.507. The number of amides is 1. The number of sulfonamides is 1. The molecule has 0 saturated carbocycles. The van der Waals surface area contributed by atoms with E-state index in [1.54, 1.807) is 11.0 Å². The molecule has 114 valence electrons. The predicted octanol–water partition coefficient (Wildman–Crippen LogP) is 0.932. The van der Waals surface area contributed by atoms with Crippen LogP contribution in [0.2, 0.25) is 0 Å². The number of carbonyl (C=O) groups excluding carboxylic acids is 1. The molecule has 7 heteroatoms. The van der Waals surface area contributed by atoms with Crippen LogP contribution in [-0.2, 0) is 10.0 Å². The molecule has 0 N–H and O–H groups in total. The van der Waals surface area contributed by atoms with Gasteiger partial charge in [0.1, 0.15) is 5.82 Å². The molecule has 2 aliphatic heterocycles. The molecule has 0 aromatic heterocycles. The van der Waals surface area contributed by atoms with Crippen LogP contribution < -0.4 is 0 Å². The SMILES string of the molecule is CS(=O)(=O)N1CC[C@@H]2CN(C(=O)c3cccc(F)c3)C[C@@H]21. The Morgan fingerprint density at radius 2 is 2.10 bits per heavy atom. The molecular formula is C14H17FN2O3S. The van der Waals surface area contributed by atoms with E-state index in [0.717, 1.165) is 6.42 Å². The Kier molecular flexibility index (Phi) is 3.49. The quantitative estimate of drug-likeness (QED) is 0.816. The molecule has 21 heavy (non-hydrogen) atoms. The Morgan fingerprint density at radius 3 is 2.76 bits per heavy atom. The van der Waals surface area contributed by atoms with Crippen molar-refractivity contribution in [1.82, 2.24) is 9.21 Å². The van der Waals surface area contributed by atoms with Gasteiger partial charge in [-0.15, -0.1) is 0 Å². The summed E-state index contributed by atoms with van der Waals surface area (Å²) in [5, 5.41) is 0. The van der Waals surface area contributed by atoms with Crippen molar-refractivity contribution in [3.63, 3.8) is 0 Å². The van der Waals surface area contributed by atoms with E-state index in [-0.39, 0.29) is 17.9 Å². The van der Waals surface area contributed by atoms with Crippen LogP contribution in [0.1, 0.15) is 16.8 Å². The van der Waals surface area contributed by atoms with Crippen LogP contribution in [-0.4, -0.2) is 55.5 Å². The average molecular weight is 312 g/mol. The van der Waals surface area contributed by atoms with Crippen LogP contribution in [0.25, 0.3) is 0 Å². The number of rotatable bonds is 2. The number of likely N-dealkylation sites (tertiary alicyclic amines) is 1. The van der Waals surface area contributed by atoms with Gasteiger partial charge in [-0.25, -0.2) is 12.8 Å². The van der Waals surface area contributed by atoms with Gasteiger partial charge in [0.05, 0.1) is 6.26 Å². The molecule has 3 rings (SSSR count). The summed E-state index contributed by atoms with van der Waals surface area (Å²) in [7, 11) is -3.24. The maximum absolute atomic E-state index is 13.2. The zero-order valence-electron chi connectivity index (χ0n) is 11.7. The third-order valence-corrected chi connectivity index (χ3v) is 5.59. The van der Waals surface area contributed by atoms with Crippen molar-refractivity contribution in [2.45, 2.75) is 12.5 Å². The summed E-state index contributed by atoms with van der Waals surface area (Å²) in [6, 6.07) is 5.44. The first-order valence-electron chi connectivity index (χ1n) is 6.88. The van der Waals surface area contributed by atoms with Gasteiger partial charge in [0.25, 0.3) is 5.91 Å². The molecule has 1 aromatic carbocycles. The smallest absolute Gasteiger partial charge is 0.254 e. The summed E-state index contributed by atoms with van der Waals surface area (Å²) in [5.41, 5.74) is 0.306. The zero-order valence-corrected chi connectivity index (χ0v) is 12.5. The van der Waals surface area contributed by atoms with Gasteiger partial charge in [0.15, 0.2) is 0 Å². The minimum atomic E-state index is -3.24. The van der Waals surface area contributed by atoms with Gasteiger partial charge >= 0.3 is 0 Å². The third-order valence-electron chi connectivity index (χ3n) is 4.28. The zero-order chi connectivity index (χ0) is 15.2. The van der Waals surface area contributed by atoms with Crippen molar-refractivity contribution in [2.24, 2.45) is 5.92 Å². The average Bonchev–Trinajstić information content (AvgIpc) is 2.95. The minimum Gasteiger partial charge on any atom is -0.337 e. The van der Waals surface area contributed by atoms with Crippen LogP contribution in [0.15, 0.2) is 24.3 Å². The highest BCUT2D eigenvalue weighted by atomic mass is 32.2. The van der Waals surface area contributed by atoms with E-state index in [0.29, 0.717) is 25.2 Å². The Morgan fingerprint density at radius 1 is 1.33 bits per heavy atom. The number of nitrogens with zero attached hydrogens (tertiary/aromatic N) is 2. The molecule has 0 bridgehead atoms. The normalized spacial score (nSPS) is 26.1. The maximum Gasteiger partial charge on any atom is 0.254 e. The van der Waals surface area contributed by atoms with Crippen molar-refractivity contribution in [3.05, 3.63) is 35.6 Å². The first kappa shape index (κ1) is 14.5. The molecule has 0 spiro atoms. The summed E-state index contributed by atoms with van der Waals surface area (Å²) >= 11 is 0. The number of hydrogen-bond donors (Lipinski definition) is 0. The summed E-state index contributed by atoms with van der Waals surface area (Å²) in [6.07, 6.45) is 1.97. The fourth-order valence-electron chi connectivity index (χ4n) is 3.30. The molecule has 2 heterocycles. The topological polar surface area (TPSA) is 57.7 Å². The molecular weight excluding hydrogens is 295 g/mol. The van der Waals surface area contributed by atoms with Crippen LogP contribution >= 0.6 is 0 Å². The lowest BCUT2D eigenvalue weighted by molar-refractivity contribution is 0.0777. The first-order chi connectivity index (χ1) is 9.86. The lowest BCUT2D eigenvalue weighted by Gasteiger charge is -2.22. The number of benzene rings is 1. The van der Waals surface area contributed by atoms with Crippen LogP contribution in [0.3, 0.4) is 0 Å². The Hall–Kier alpha value is -1.47.